The van der Waals surface area contributed by atoms with Crippen LogP contribution in [0.3, 0.4) is 0 Å². The van der Waals surface area contributed by atoms with E-state index in [0.717, 1.165) is 4.90 Å². The summed E-state index contributed by atoms with van der Waals surface area (Å²) in [6.07, 6.45) is 0.134. The molecule has 6 heteroatoms. The number of rotatable bonds is 3. The van der Waals surface area contributed by atoms with Crippen LogP contribution in [0.25, 0.3) is 0 Å². The summed E-state index contributed by atoms with van der Waals surface area (Å²) in [4.78, 5) is 46.6. The van der Waals surface area contributed by atoms with Gasteiger partial charge in [0.15, 0.2) is 0 Å². The molecular formula is C9H12N2O4. The zero-order valence-corrected chi connectivity index (χ0v) is 8.43. The Hall–Kier alpha value is -1.72. The number of hydrogen-bond acceptors (Lipinski definition) is 4. The Morgan fingerprint density at radius 1 is 1.20 bits per heavy atom. The number of carbonyl (C=O) groups excluding carboxylic acids is 4. The smallest absolute Gasteiger partial charge is 0.249 e. The van der Waals surface area contributed by atoms with Crippen molar-refractivity contribution in [2.24, 2.45) is 0 Å². The van der Waals surface area contributed by atoms with Gasteiger partial charge >= 0.3 is 0 Å². The first kappa shape index (κ1) is 11.4. The first-order valence-corrected chi connectivity index (χ1v) is 4.64. The summed E-state index contributed by atoms with van der Waals surface area (Å²) < 4.78 is 0. The number of aldehydes is 1. The van der Waals surface area contributed by atoms with Gasteiger partial charge in [-0.05, 0) is 6.92 Å². The fraction of sp³-hybridized carbons (Fsp3) is 0.556. The van der Waals surface area contributed by atoms with Gasteiger partial charge in [0.25, 0.3) is 0 Å². The van der Waals surface area contributed by atoms with Gasteiger partial charge < -0.3 is 9.69 Å². The number of nitrogens with zero attached hydrogens (tertiary/aromatic N) is 2. The number of carbonyl (C=O) groups is 4. The zero-order chi connectivity index (χ0) is 11.4. The Bertz CT molecular complexity index is 313. The molecule has 0 saturated carbocycles. The van der Waals surface area contributed by atoms with E-state index in [1.807, 2.05) is 0 Å². The van der Waals surface area contributed by atoms with Crippen LogP contribution in [0.4, 0.5) is 0 Å². The Balaban J connectivity index is 2.86. The van der Waals surface area contributed by atoms with Gasteiger partial charge in [0.05, 0.1) is 6.54 Å². The van der Waals surface area contributed by atoms with Crippen LogP contribution in [0.15, 0.2) is 0 Å². The van der Waals surface area contributed by atoms with Gasteiger partial charge in [-0.2, -0.15) is 0 Å². The van der Waals surface area contributed by atoms with E-state index in [9.17, 15) is 19.2 Å². The first-order chi connectivity index (χ1) is 7.10. The van der Waals surface area contributed by atoms with Gasteiger partial charge in [-0.3, -0.25) is 19.3 Å². The van der Waals surface area contributed by atoms with Crippen molar-refractivity contribution < 1.29 is 19.2 Å². The lowest BCUT2D eigenvalue weighted by Gasteiger charge is -2.17. The molecule has 3 amide bonds. The molecule has 0 N–H and O–H groups in total. The molecular weight excluding hydrogens is 200 g/mol. The number of amides is 3. The molecule has 1 heterocycles. The van der Waals surface area contributed by atoms with E-state index in [2.05, 4.69) is 0 Å². The second-order valence-corrected chi connectivity index (χ2v) is 3.15. The second-order valence-electron chi connectivity index (χ2n) is 3.15. The van der Waals surface area contributed by atoms with E-state index in [-0.39, 0.29) is 25.4 Å². The molecule has 1 aliphatic heterocycles. The van der Waals surface area contributed by atoms with Crippen LogP contribution in [-0.4, -0.2) is 53.4 Å². The van der Waals surface area contributed by atoms with Crippen molar-refractivity contribution in [2.45, 2.75) is 13.3 Å². The van der Waals surface area contributed by atoms with Crippen molar-refractivity contribution in [1.29, 1.82) is 0 Å². The van der Waals surface area contributed by atoms with Crippen LogP contribution in [-0.2, 0) is 19.2 Å². The third-order valence-corrected chi connectivity index (χ3v) is 2.22. The average molecular weight is 212 g/mol. The highest BCUT2D eigenvalue weighted by molar-refractivity contribution is 6.08. The van der Waals surface area contributed by atoms with Gasteiger partial charge in [0, 0.05) is 6.54 Å². The van der Waals surface area contributed by atoms with E-state index >= 15 is 0 Å². The zero-order valence-electron chi connectivity index (χ0n) is 8.43. The quantitative estimate of drug-likeness (QED) is 0.334. The predicted octanol–water partition coefficient (Wildman–Crippen LogP) is -1.21. The molecule has 0 aliphatic carbocycles. The third kappa shape index (κ3) is 2.39. The molecule has 0 aromatic carbocycles. The summed E-state index contributed by atoms with van der Waals surface area (Å²) in [6.45, 7) is 1.70. The normalized spacial score (nSPS) is 18.1. The van der Waals surface area contributed by atoms with Gasteiger partial charge in [0.2, 0.25) is 17.7 Å². The fourth-order valence-corrected chi connectivity index (χ4v) is 1.38. The van der Waals surface area contributed by atoms with E-state index in [1.165, 1.54) is 4.90 Å². The third-order valence-electron chi connectivity index (χ3n) is 2.22. The maximum atomic E-state index is 11.5. The maximum Gasteiger partial charge on any atom is 0.249 e. The molecule has 1 fully saturated rings. The lowest BCUT2D eigenvalue weighted by Crippen LogP contribution is -2.40. The molecule has 1 rings (SSSR count). The predicted molar refractivity (Wildman–Crippen MR) is 49.7 cm³/mol. The molecule has 0 aromatic heterocycles. The topological polar surface area (TPSA) is 74.8 Å². The minimum absolute atomic E-state index is 0.130. The summed E-state index contributed by atoms with van der Waals surface area (Å²) in [5.41, 5.74) is 0. The largest absolute Gasteiger partial charge is 0.333 e. The molecule has 1 saturated heterocycles. The summed E-state index contributed by atoms with van der Waals surface area (Å²) >= 11 is 0. The van der Waals surface area contributed by atoms with E-state index in [0.29, 0.717) is 12.8 Å². The Kier molecular flexibility index (Phi) is 3.54. The molecule has 0 spiro atoms. The van der Waals surface area contributed by atoms with Crippen molar-refractivity contribution >= 4 is 24.0 Å². The standard InChI is InChI=1S/C9H12N2O4/c1-2-10-6-9(15)11(3-4-12)8(14)5-7(10)13/h4H,2-3,5-6H2,1H3. The second kappa shape index (κ2) is 4.68. The molecule has 1 aliphatic rings. The van der Waals surface area contributed by atoms with E-state index < -0.39 is 11.8 Å². The number of imide groups is 1. The van der Waals surface area contributed by atoms with Crippen molar-refractivity contribution in [2.75, 3.05) is 19.6 Å². The average Bonchev–Trinajstić information content (AvgIpc) is 2.29. The summed E-state index contributed by atoms with van der Waals surface area (Å²) in [5.74, 6) is -1.47. The van der Waals surface area contributed by atoms with Crippen molar-refractivity contribution in [3.05, 3.63) is 0 Å². The Morgan fingerprint density at radius 2 is 1.87 bits per heavy atom. The van der Waals surface area contributed by atoms with Crippen molar-refractivity contribution in [3.63, 3.8) is 0 Å². The Labute approximate surface area is 86.8 Å². The summed E-state index contributed by atoms with van der Waals surface area (Å²) in [7, 11) is 0. The fourth-order valence-electron chi connectivity index (χ4n) is 1.38. The lowest BCUT2D eigenvalue weighted by molar-refractivity contribution is -0.144. The first-order valence-electron chi connectivity index (χ1n) is 4.64. The van der Waals surface area contributed by atoms with E-state index in [4.69, 9.17) is 0 Å². The van der Waals surface area contributed by atoms with E-state index in [1.54, 1.807) is 6.92 Å². The van der Waals surface area contributed by atoms with Gasteiger partial charge in [-0.25, -0.2) is 0 Å². The van der Waals surface area contributed by atoms with Crippen LogP contribution in [0, 0.1) is 0 Å². The molecule has 15 heavy (non-hydrogen) atoms. The molecule has 82 valence electrons. The molecule has 0 unspecified atom stereocenters. The molecule has 0 radical (unpaired) electrons. The van der Waals surface area contributed by atoms with Crippen LogP contribution >= 0.6 is 0 Å². The molecule has 0 bridgehead atoms. The maximum absolute atomic E-state index is 11.5. The van der Waals surface area contributed by atoms with Gasteiger partial charge in [-0.1, -0.05) is 0 Å². The SMILES string of the molecule is CCN1CC(=O)N(CC=O)C(=O)CC1=O. The van der Waals surface area contributed by atoms with Crippen molar-refractivity contribution in [1.82, 2.24) is 9.80 Å². The van der Waals surface area contributed by atoms with Crippen LogP contribution < -0.4 is 0 Å². The van der Waals surface area contributed by atoms with Gasteiger partial charge in [-0.15, -0.1) is 0 Å². The Morgan fingerprint density at radius 3 is 2.40 bits per heavy atom. The highest BCUT2D eigenvalue weighted by Gasteiger charge is 2.31. The van der Waals surface area contributed by atoms with Crippen LogP contribution in [0.1, 0.15) is 13.3 Å². The lowest BCUT2D eigenvalue weighted by atomic mass is 10.3. The van der Waals surface area contributed by atoms with Crippen LogP contribution in [0.2, 0.25) is 0 Å². The minimum Gasteiger partial charge on any atom is -0.333 e. The molecule has 0 aromatic rings. The molecule has 6 nitrogen and oxygen atoms in total. The molecule has 0 atom stereocenters. The summed E-state index contributed by atoms with van der Waals surface area (Å²) in [6, 6.07) is 0. The van der Waals surface area contributed by atoms with Crippen LogP contribution in [0.5, 0.6) is 0 Å². The minimum atomic E-state index is -0.604. The highest BCUT2D eigenvalue weighted by atomic mass is 16.2. The van der Waals surface area contributed by atoms with Crippen molar-refractivity contribution in [3.8, 4) is 0 Å². The highest BCUT2D eigenvalue weighted by Crippen LogP contribution is 2.06. The van der Waals surface area contributed by atoms with Gasteiger partial charge in [0.1, 0.15) is 19.3 Å². The summed E-state index contributed by atoms with van der Waals surface area (Å²) in [5, 5.41) is 0. The number of likely N-dealkylation sites (N-methyl/N-ethyl adjacent to an activating group) is 1. The monoisotopic (exact) mass is 212 g/mol. The number of hydrogen-bond donors (Lipinski definition) is 0.